The molecule has 0 heterocycles. The molecule has 94 valence electrons. The summed E-state index contributed by atoms with van der Waals surface area (Å²) in [5, 5.41) is 14.9. The molecule has 1 fully saturated rings. The summed E-state index contributed by atoms with van der Waals surface area (Å²) >= 11 is 0. The second kappa shape index (κ2) is 6.70. The Kier molecular flexibility index (Phi) is 5.55. The summed E-state index contributed by atoms with van der Waals surface area (Å²) in [4.78, 5) is 2.39. The van der Waals surface area contributed by atoms with Crippen LogP contribution in [0.3, 0.4) is 0 Å². The van der Waals surface area contributed by atoms with Crippen LogP contribution in [0, 0.1) is 0 Å². The van der Waals surface area contributed by atoms with Crippen LogP contribution in [0.15, 0.2) is 5.16 Å². The summed E-state index contributed by atoms with van der Waals surface area (Å²) in [6, 6.07) is 1.12. The largest absolute Gasteiger partial charge is 0.409 e. The van der Waals surface area contributed by atoms with E-state index in [1.807, 2.05) is 0 Å². The summed E-state index contributed by atoms with van der Waals surface area (Å²) in [6.45, 7) is 4.13. The molecule has 0 aliphatic heterocycles. The van der Waals surface area contributed by atoms with Gasteiger partial charge in [-0.15, -0.1) is 0 Å². The highest BCUT2D eigenvalue weighted by atomic mass is 16.4. The van der Waals surface area contributed by atoms with Gasteiger partial charge in [0.25, 0.3) is 0 Å². The molecule has 0 aromatic heterocycles. The zero-order valence-corrected chi connectivity index (χ0v) is 10.3. The molecule has 0 aromatic carbocycles. The van der Waals surface area contributed by atoms with Crippen molar-refractivity contribution in [3.05, 3.63) is 0 Å². The van der Waals surface area contributed by atoms with Gasteiger partial charge < -0.3 is 21.2 Å². The van der Waals surface area contributed by atoms with E-state index in [1.165, 1.54) is 12.8 Å². The number of nitrogens with zero attached hydrogens (tertiary/aromatic N) is 2. The highest BCUT2D eigenvalue weighted by molar-refractivity contribution is 5.80. The van der Waals surface area contributed by atoms with E-state index in [1.54, 1.807) is 0 Å². The third-order valence-electron chi connectivity index (χ3n) is 3.14. The molecule has 1 aliphatic carbocycles. The Balaban J connectivity index is 2.12. The van der Waals surface area contributed by atoms with Crippen molar-refractivity contribution < 1.29 is 5.21 Å². The molecule has 1 saturated carbocycles. The lowest BCUT2D eigenvalue weighted by atomic mass is 10.1. The monoisotopic (exact) mass is 228 g/mol. The highest BCUT2D eigenvalue weighted by Crippen LogP contribution is 2.24. The van der Waals surface area contributed by atoms with Crippen LogP contribution in [0.1, 0.15) is 32.6 Å². The van der Waals surface area contributed by atoms with E-state index in [-0.39, 0.29) is 0 Å². The number of hydrogen-bond acceptors (Lipinski definition) is 4. The molecule has 16 heavy (non-hydrogen) atoms. The molecule has 1 unspecified atom stereocenters. The van der Waals surface area contributed by atoms with Crippen molar-refractivity contribution in [2.24, 2.45) is 10.9 Å². The van der Waals surface area contributed by atoms with Gasteiger partial charge in [0.05, 0.1) is 0 Å². The van der Waals surface area contributed by atoms with Gasteiger partial charge in [0.15, 0.2) is 0 Å². The maximum Gasteiger partial charge on any atom is 0.140 e. The Morgan fingerprint density at radius 3 is 2.81 bits per heavy atom. The highest BCUT2D eigenvalue weighted by Gasteiger charge is 2.25. The number of nitrogens with two attached hydrogens (primary N) is 1. The van der Waals surface area contributed by atoms with Crippen LogP contribution in [0.2, 0.25) is 0 Å². The molecule has 0 saturated heterocycles. The zero-order chi connectivity index (χ0) is 12.0. The van der Waals surface area contributed by atoms with Crippen LogP contribution in [-0.2, 0) is 0 Å². The van der Waals surface area contributed by atoms with Gasteiger partial charge in [0.1, 0.15) is 5.84 Å². The summed E-state index contributed by atoms with van der Waals surface area (Å²) < 4.78 is 0. The summed E-state index contributed by atoms with van der Waals surface area (Å²) in [6.07, 6.45) is 4.29. The third kappa shape index (κ3) is 4.81. The van der Waals surface area contributed by atoms with Crippen molar-refractivity contribution in [1.29, 1.82) is 0 Å². The Morgan fingerprint density at radius 2 is 2.31 bits per heavy atom. The quantitative estimate of drug-likeness (QED) is 0.246. The average Bonchev–Trinajstić information content (AvgIpc) is 3.10. The van der Waals surface area contributed by atoms with Gasteiger partial charge in [0, 0.05) is 31.6 Å². The predicted molar refractivity (Wildman–Crippen MR) is 65.8 cm³/mol. The molecule has 5 nitrogen and oxygen atoms in total. The summed E-state index contributed by atoms with van der Waals surface area (Å²) in [5.41, 5.74) is 5.49. The van der Waals surface area contributed by atoms with Crippen LogP contribution in [-0.4, -0.2) is 48.2 Å². The first kappa shape index (κ1) is 13.3. The summed E-state index contributed by atoms with van der Waals surface area (Å²) in [5.74, 6) is 0.301. The van der Waals surface area contributed by atoms with Crippen molar-refractivity contribution in [3.63, 3.8) is 0 Å². The van der Waals surface area contributed by atoms with E-state index in [0.717, 1.165) is 25.6 Å². The van der Waals surface area contributed by atoms with E-state index < -0.39 is 0 Å². The molecular formula is C11H24N4O. The molecule has 0 radical (unpaired) electrons. The molecule has 4 N–H and O–H groups in total. The first-order chi connectivity index (χ1) is 7.67. The minimum atomic E-state index is 0.301. The standard InChI is InChI=1S/C11H24N4O/c1-3-9(8-11(12)14-16)13-6-7-15(2)10-4-5-10/h9-10,13,16H,3-8H2,1-2H3,(H2,12,14). The minimum absolute atomic E-state index is 0.301. The molecule has 0 bridgehead atoms. The van der Waals surface area contributed by atoms with E-state index in [0.29, 0.717) is 18.3 Å². The smallest absolute Gasteiger partial charge is 0.140 e. The normalized spacial score (nSPS) is 19.1. The van der Waals surface area contributed by atoms with Crippen molar-refractivity contribution >= 4 is 5.84 Å². The zero-order valence-electron chi connectivity index (χ0n) is 10.3. The van der Waals surface area contributed by atoms with Gasteiger partial charge in [-0.3, -0.25) is 0 Å². The van der Waals surface area contributed by atoms with Gasteiger partial charge in [-0.05, 0) is 26.3 Å². The van der Waals surface area contributed by atoms with Crippen molar-refractivity contribution in [1.82, 2.24) is 10.2 Å². The maximum absolute atomic E-state index is 8.50. The van der Waals surface area contributed by atoms with E-state index in [4.69, 9.17) is 10.9 Å². The topological polar surface area (TPSA) is 73.9 Å². The fraction of sp³-hybridized carbons (Fsp3) is 0.909. The van der Waals surface area contributed by atoms with Gasteiger partial charge in [-0.1, -0.05) is 12.1 Å². The van der Waals surface area contributed by atoms with Crippen LogP contribution in [0.4, 0.5) is 0 Å². The Bertz CT molecular complexity index is 228. The minimum Gasteiger partial charge on any atom is -0.409 e. The number of amidine groups is 1. The molecule has 0 amide bonds. The average molecular weight is 228 g/mol. The fourth-order valence-electron chi connectivity index (χ4n) is 1.80. The molecule has 1 aliphatic rings. The summed E-state index contributed by atoms with van der Waals surface area (Å²) in [7, 11) is 2.17. The van der Waals surface area contributed by atoms with E-state index >= 15 is 0 Å². The number of likely N-dealkylation sites (N-methyl/N-ethyl adjacent to an activating group) is 1. The lowest BCUT2D eigenvalue weighted by Crippen LogP contribution is -2.38. The van der Waals surface area contributed by atoms with E-state index in [9.17, 15) is 0 Å². The van der Waals surface area contributed by atoms with Crippen LogP contribution >= 0.6 is 0 Å². The van der Waals surface area contributed by atoms with Gasteiger partial charge in [-0.25, -0.2) is 0 Å². The maximum atomic E-state index is 8.50. The molecular weight excluding hydrogens is 204 g/mol. The molecule has 0 spiro atoms. The van der Waals surface area contributed by atoms with Gasteiger partial charge in [0.2, 0.25) is 0 Å². The van der Waals surface area contributed by atoms with Crippen LogP contribution in [0.5, 0.6) is 0 Å². The Hall–Kier alpha value is -0.810. The lowest BCUT2D eigenvalue weighted by molar-refractivity contribution is 0.308. The number of rotatable bonds is 8. The van der Waals surface area contributed by atoms with Crippen LogP contribution < -0.4 is 11.1 Å². The van der Waals surface area contributed by atoms with Crippen molar-refractivity contribution in [2.45, 2.75) is 44.7 Å². The Morgan fingerprint density at radius 1 is 1.62 bits per heavy atom. The second-order valence-electron chi connectivity index (χ2n) is 4.57. The SMILES string of the molecule is CCC(CC(N)=NO)NCCN(C)C1CC1. The first-order valence-electron chi connectivity index (χ1n) is 6.07. The molecule has 1 atom stereocenters. The van der Waals surface area contributed by atoms with Crippen LogP contribution in [0.25, 0.3) is 0 Å². The third-order valence-corrected chi connectivity index (χ3v) is 3.14. The fourth-order valence-corrected chi connectivity index (χ4v) is 1.80. The molecule has 1 rings (SSSR count). The second-order valence-corrected chi connectivity index (χ2v) is 4.57. The Labute approximate surface area is 97.7 Å². The van der Waals surface area contributed by atoms with Gasteiger partial charge >= 0.3 is 0 Å². The number of hydrogen-bond donors (Lipinski definition) is 3. The predicted octanol–water partition coefficient (Wildman–Crippen LogP) is 0.585. The number of oxime groups is 1. The number of nitrogens with one attached hydrogen (secondary N) is 1. The molecule has 5 heteroatoms. The van der Waals surface area contributed by atoms with Crippen molar-refractivity contribution in [3.8, 4) is 0 Å². The van der Waals surface area contributed by atoms with Crippen molar-refractivity contribution in [2.75, 3.05) is 20.1 Å². The van der Waals surface area contributed by atoms with E-state index in [2.05, 4.69) is 29.3 Å². The lowest BCUT2D eigenvalue weighted by Gasteiger charge is -2.20. The molecule has 0 aromatic rings. The first-order valence-corrected chi connectivity index (χ1v) is 6.07. The van der Waals surface area contributed by atoms with Gasteiger partial charge in [-0.2, -0.15) is 0 Å².